The third-order valence-electron chi connectivity index (χ3n) is 4.44. The van der Waals surface area contributed by atoms with Crippen molar-refractivity contribution in [1.82, 2.24) is 0 Å². The van der Waals surface area contributed by atoms with Crippen LogP contribution in [0.3, 0.4) is 0 Å². The Morgan fingerprint density at radius 1 is 1.19 bits per heavy atom. The lowest BCUT2D eigenvalue weighted by Crippen LogP contribution is -2.36. The van der Waals surface area contributed by atoms with Crippen LogP contribution in [-0.2, 0) is 4.74 Å². The highest BCUT2D eigenvalue weighted by Crippen LogP contribution is 2.30. The fourth-order valence-corrected chi connectivity index (χ4v) is 3.09. The first-order valence-electron chi connectivity index (χ1n) is 9.34. The van der Waals surface area contributed by atoms with E-state index < -0.39 is 0 Å². The van der Waals surface area contributed by atoms with Crippen LogP contribution in [0.5, 0.6) is 5.75 Å². The fourth-order valence-electron chi connectivity index (χ4n) is 2.92. The molecule has 0 radical (unpaired) electrons. The normalized spacial score (nSPS) is 14.1. The van der Waals surface area contributed by atoms with E-state index in [9.17, 15) is 4.79 Å². The summed E-state index contributed by atoms with van der Waals surface area (Å²) in [7, 11) is 0. The van der Waals surface area contributed by atoms with Crippen LogP contribution >= 0.6 is 11.6 Å². The molecule has 2 aromatic rings. The highest BCUT2D eigenvalue weighted by molar-refractivity contribution is 6.31. The maximum Gasteiger partial charge on any atom is 0.255 e. The second-order valence-corrected chi connectivity index (χ2v) is 6.88. The number of nitrogens with zero attached hydrogens (tertiary/aromatic N) is 1. The number of carbonyl (C=O) groups excluding carboxylic acids is 1. The Kier molecular flexibility index (Phi) is 6.96. The summed E-state index contributed by atoms with van der Waals surface area (Å²) in [4.78, 5) is 14.9. The van der Waals surface area contributed by atoms with E-state index in [-0.39, 0.29) is 5.91 Å². The smallest absolute Gasteiger partial charge is 0.255 e. The van der Waals surface area contributed by atoms with Gasteiger partial charge in [-0.05, 0) is 48.9 Å². The van der Waals surface area contributed by atoms with Crippen LogP contribution in [-0.4, -0.2) is 38.8 Å². The van der Waals surface area contributed by atoms with E-state index in [4.69, 9.17) is 21.1 Å². The number of unbranched alkanes of at least 4 members (excludes halogenated alkanes) is 1. The minimum Gasteiger partial charge on any atom is -0.494 e. The number of halogens is 1. The van der Waals surface area contributed by atoms with Gasteiger partial charge < -0.3 is 19.7 Å². The van der Waals surface area contributed by atoms with Crippen molar-refractivity contribution < 1.29 is 14.3 Å². The second-order valence-electron chi connectivity index (χ2n) is 6.44. The Labute approximate surface area is 165 Å². The molecular formula is C21H25ClN2O3. The third-order valence-corrected chi connectivity index (χ3v) is 4.68. The van der Waals surface area contributed by atoms with Gasteiger partial charge in [-0.25, -0.2) is 0 Å². The SMILES string of the molecule is CCCCOc1ccc(C(=O)Nc2cc(Cl)ccc2N2CCOCC2)cc1. The highest BCUT2D eigenvalue weighted by Gasteiger charge is 2.17. The molecule has 5 nitrogen and oxygen atoms in total. The molecule has 0 spiro atoms. The van der Waals surface area contributed by atoms with Crippen molar-refractivity contribution in [2.75, 3.05) is 43.1 Å². The molecule has 1 saturated heterocycles. The Bertz CT molecular complexity index is 759. The van der Waals surface area contributed by atoms with Crippen molar-refractivity contribution in [3.63, 3.8) is 0 Å². The van der Waals surface area contributed by atoms with Crippen molar-refractivity contribution in [3.05, 3.63) is 53.1 Å². The molecule has 1 fully saturated rings. The molecule has 27 heavy (non-hydrogen) atoms. The summed E-state index contributed by atoms with van der Waals surface area (Å²) in [5.74, 6) is 0.601. The van der Waals surface area contributed by atoms with Crippen molar-refractivity contribution in [1.29, 1.82) is 0 Å². The molecule has 3 rings (SSSR count). The van der Waals surface area contributed by atoms with E-state index in [0.29, 0.717) is 36.1 Å². The van der Waals surface area contributed by atoms with Crippen LogP contribution in [0.2, 0.25) is 5.02 Å². The molecule has 1 aliphatic heterocycles. The van der Waals surface area contributed by atoms with Gasteiger partial charge in [0.05, 0.1) is 31.2 Å². The van der Waals surface area contributed by atoms with Gasteiger partial charge in [-0.1, -0.05) is 24.9 Å². The van der Waals surface area contributed by atoms with Gasteiger partial charge in [0.15, 0.2) is 0 Å². The first kappa shape index (κ1) is 19.5. The summed E-state index contributed by atoms with van der Waals surface area (Å²) < 4.78 is 11.1. The molecule has 1 amide bonds. The Morgan fingerprint density at radius 2 is 1.93 bits per heavy atom. The first-order valence-corrected chi connectivity index (χ1v) is 9.71. The van der Waals surface area contributed by atoms with Crippen LogP contribution in [0.25, 0.3) is 0 Å². The molecule has 0 saturated carbocycles. The highest BCUT2D eigenvalue weighted by atomic mass is 35.5. The summed E-state index contributed by atoms with van der Waals surface area (Å²) in [6.45, 7) is 5.74. The minimum atomic E-state index is -0.174. The summed E-state index contributed by atoms with van der Waals surface area (Å²) in [5, 5.41) is 3.58. The average molecular weight is 389 g/mol. The molecule has 2 aromatic carbocycles. The van der Waals surface area contributed by atoms with Gasteiger partial charge in [-0.15, -0.1) is 0 Å². The fraction of sp³-hybridized carbons (Fsp3) is 0.381. The number of hydrogen-bond acceptors (Lipinski definition) is 4. The number of amides is 1. The zero-order valence-corrected chi connectivity index (χ0v) is 16.3. The zero-order chi connectivity index (χ0) is 19.1. The van der Waals surface area contributed by atoms with Crippen LogP contribution < -0.4 is 15.0 Å². The van der Waals surface area contributed by atoms with E-state index >= 15 is 0 Å². The van der Waals surface area contributed by atoms with Gasteiger partial charge in [-0.3, -0.25) is 4.79 Å². The average Bonchev–Trinajstić information content (AvgIpc) is 2.69. The topological polar surface area (TPSA) is 50.8 Å². The maximum atomic E-state index is 12.7. The Hall–Kier alpha value is -2.24. The van der Waals surface area contributed by atoms with Crippen LogP contribution in [0, 0.1) is 0 Å². The number of benzene rings is 2. The standard InChI is InChI=1S/C21H25ClN2O3/c1-2-3-12-27-18-7-4-16(5-8-18)21(25)23-19-15-17(22)6-9-20(19)24-10-13-26-14-11-24/h4-9,15H,2-3,10-14H2,1H3,(H,23,25). The molecule has 1 N–H and O–H groups in total. The minimum absolute atomic E-state index is 0.174. The molecule has 6 heteroatoms. The summed E-state index contributed by atoms with van der Waals surface area (Å²) in [6.07, 6.45) is 2.10. The van der Waals surface area contributed by atoms with Gasteiger partial charge in [0.1, 0.15) is 5.75 Å². The number of rotatable bonds is 7. The molecule has 144 valence electrons. The molecule has 0 bridgehead atoms. The number of morpholine rings is 1. The van der Waals surface area contributed by atoms with Crippen molar-refractivity contribution in [2.45, 2.75) is 19.8 Å². The largest absolute Gasteiger partial charge is 0.494 e. The van der Waals surface area contributed by atoms with Crippen LogP contribution in [0.4, 0.5) is 11.4 Å². The molecule has 1 aliphatic rings. The molecule has 0 aliphatic carbocycles. The van der Waals surface area contributed by atoms with Gasteiger partial charge in [0.25, 0.3) is 5.91 Å². The van der Waals surface area contributed by atoms with E-state index in [2.05, 4.69) is 17.1 Å². The first-order chi connectivity index (χ1) is 13.2. The van der Waals surface area contributed by atoms with Crippen molar-refractivity contribution >= 4 is 28.9 Å². The van der Waals surface area contributed by atoms with Crippen LogP contribution in [0.15, 0.2) is 42.5 Å². The van der Waals surface area contributed by atoms with Gasteiger partial charge >= 0.3 is 0 Å². The van der Waals surface area contributed by atoms with Crippen molar-refractivity contribution in [3.8, 4) is 5.75 Å². The maximum absolute atomic E-state index is 12.7. The number of ether oxygens (including phenoxy) is 2. The lowest BCUT2D eigenvalue weighted by molar-refractivity contribution is 0.102. The quantitative estimate of drug-likeness (QED) is 0.704. The monoisotopic (exact) mass is 388 g/mol. The molecular weight excluding hydrogens is 364 g/mol. The van der Waals surface area contributed by atoms with E-state index in [0.717, 1.165) is 37.4 Å². The molecule has 0 aromatic heterocycles. The van der Waals surface area contributed by atoms with E-state index in [1.807, 2.05) is 24.3 Å². The number of carbonyl (C=O) groups is 1. The Balaban J connectivity index is 1.70. The van der Waals surface area contributed by atoms with Crippen molar-refractivity contribution in [2.24, 2.45) is 0 Å². The lowest BCUT2D eigenvalue weighted by Gasteiger charge is -2.30. The predicted octanol–water partition coefficient (Wildman–Crippen LogP) is 4.61. The molecule has 0 atom stereocenters. The summed E-state index contributed by atoms with van der Waals surface area (Å²) in [6, 6.07) is 12.8. The number of anilines is 2. The lowest BCUT2D eigenvalue weighted by atomic mass is 10.1. The zero-order valence-electron chi connectivity index (χ0n) is 15.5. The predicted molar refractivity (Wildman–Crippen MR) is 109 cm³/mol. The van der Waals surface area contributed by atoms with E-state index in [1.165, 1.54) is 0 Å². The molecule has 1 heterocycles. The van der Waals surface area contributed by atoms with Gasteiger partial charge in [0.2, 0.25) is 0 Å². The van der Waals surface area contributed by atoms with Gasteiger partial charge in [0, 0.05) is 23.7 Å². The van der Waals surface area contributed by atoms with Gasteiger partial charge in [-0.2, -0.15) is 0 Å². The summed E-state index contributed by atoms with van der Waals surface area (Å²) >= 11 is 6.16. The third kappa shape index (κ3) is 5.37. The second kappa shape index (κ2) is 9.62. The number of nitrogens with one attached hydrogen (secondary N) is 1. The molecule has 0 unspecified atom stereocenters. The summed E-state index contributed by atoms with van der Waals surface area (Å²) in [5.41, 5.74) is 2.24. The number of hydrogen-bond donors (Lipinski definition) is 1. The Morgan fingerprint density at radius 3 is 2.63 bits per heavy atom. The van der Waals surface area contributed by atoms with Crippen LogP contribution in [0.1, 0.15) is 30.1 Å². The van der Waals surface area contributed by atoms with E-state index in [1.54, 1.807) is 18.2 Å².